The molecule has 1 heterocycles. The van der Waals surface area contributed by atoms with Gasteiger partial charge in [-0.2, -0.15) is 26.3 Å². The number of aromatic nitrogens is 1. The maximum atomic E-state index is 16.6. The third-order valence-electron chi connectivity index (χ3n) is 8.10. The van der Waals surface area contributed by atoms with Crippen molar-refractivity contribution in [3.8, 4) is 11.1 Å². The first kappa shape index (κ1) is 40.2. The minimum absolute atomic E-state index is 0.0196. The molecule has 0 saturated heterocycles. The van der Waals surface area contributed by atoms with Crippen LogP contribution in [0.4, 0.5) is 35.1 Å². The fourth-order valence-electron chi connectivity index (χ4n) is 5.96. The van der Waals surface area contributed by atoms with Gasteiger partial charge in [0.05, 0.1) is 30.2 Å². The summed E-state index contributed by atoms with van der Waals surface area (Å²) in [5.41, 5.74) is 0.595. The number of halogens is 8. The maximum absolute atomic E-state index is 16.6. The number of nitrogens with zero attached hydrogens (tertiary/aromatic N) is 1. The van der Waals surface area contributed by atoms with Gasteiger partial charge in [0, 0.05) is 23.4 Å². The number of aryl methyl sites for hydroxylation is 3. The Hall–Kier alpha value is -4.27. The Morgan fingerprint density at radius 3 is 2.02 bits per heavy atom. The molecule has 1 unspecified atom stereocenters. The average molecular weight is 718 g/mol. The van der Waals surface area contributed by atoms with E-state index in [4.69, 9.17) is 10.5 Å². The molecule has 0 aliphatic heterocycles. The molecule has 0 aliphatic carbocycles. The summed E-state index contributed by atoms with van der Waals surface area (Å²) < 4.78 is 120. The number of esters is 1. The molecule has 0 spiro atoms. The standard InChI is InChI=1S/C35H39F8N3O4/c1-7-50-28(48)15-25(30-31(36)20(6)13-23(32(30)37)29-18(4)11-22(12-19(29)5)34(38,39)40)45-33(49)26(10-17(2)3)46-16-21(8-9-44)24(14-27(46)47)35(41,42)43/h11-14,16-17,25-26H,7-10,15,44H2,1-6H3,(H,45,49)/t25-,26?/m0/s1. The zero-order valence-corrected chi connectivity index (χ0v) is 28.3. The topological polar surface area (TPSA) is 103 Å². The highest BCUT2D eigenvalue weighted by molar-refractivity contribution is 5.82. The van der Waals surface area contributed by atoms with Crippen molar-refractivity contribution < 1.29 is 49.4 Å². The number of nitrogens with two attached hydrogens (primary N) is 1. The van der Waals surface area contributed by atoms with E-state index in [0.29, 0.717) is 6.07 Å². The average Bonchev–Trinajstić information content (AvgIpc) is 2.98. The minimum Gasteiger partial charge on any atom is -0.466 e. The van der Waals surface area contributed by atoms with Crippen molar-refractivity contribution in [3.63, 3.8) is 0 Å². The normalized spacial score (nSPS) is 13.4. The number of nitrogens with one attached hydrogen (secondary N) is 1. The summed E-state index contributed by atoms with van der Waals surface area (Å²) in [6, 6.07) is -0.200. The molecule has 1 amide bonds. The van der Waals surface area contributed by atoms with Crippen LogP contribution in [0.2, 0.25) is 0 Å². The van der Waals surface area contributed by atoms with Gasteiger partial charge >= 0.3 is 18.3 Å². The zero-order valence-electron chi connectivity index (χ0n) is 28.3. The molecule has 0 aliphatic rings. The lowest BCUT2D eigenvalue weighted by atomic mass is 9.88. The number of hydrogen-bond donors (Lipinski definition) is 2. The van der Waals surface area contributed by atoms with E-state index in [-0.39, 0.29) is 65.3 Å². The number of rotatable bonds is 12. The first-order valence-electron chi connectivity index (χ1n) is 15.8. The largest absolute Gasteiger partial charge is 0.466 e. The van der Waals surface area contributed by atoms with E-state index in [1.807, 2.05) is 0 Å². The van der Waals surface area contributed by atoms with Gasteiger partial charge < -0.3 is 20.4 Å². The van der Waals surface area contributed by atoms with Crippen molar-refractivity contribution in [1.29, 1.82) is 0 Å². The van der Waals surface area contributed by atoms with E-state index in [1.54, 1.807) is 13.8 Å². The van der Waals surface area contributed by atoms with Crippen LogP contribution in [0, 0.1) is 38.3 Å². The predicted molar refractivity (Wildman–Crippen MR) is 170 cm³/mol. The molecule has 15 heteroatoms. The second-order valence-electron chi connectivity index (χ2n) is 12.5. The molecule has 0 fully saturated rings. The maximum Gasteiger partial charge on any atom is 0.416 e. The molecular weight excluding hydrogens is 678 g/mol. The van der Waals surface area contributed by atoms with Crippen molar-refractivity contribution in [2.75, 3.05) is 13.2 Å². The highest BCUT2D eigenvalue weighted by Crippen LogP contribution is 2.40. The minimum atomic E-state index is -4.90. The molecule has 3 rings (SSSR count). The molecular formula is C35H39F8N3O4. The van der Waals surface area contributed by atoms with Gasteiger partial charge in [0.15, 0.2) is 0 Å². The third kappa shape index (κ3) is 9.09. The lowest BCUT2D eigenvalue weighted by molar-refractivity contribution is -0.144. The Morgan fingerprint density at radius 1 is 0.920 bits per heavy atom. The Balaban J connectivity index is 2.25. The van der Waals surface area contributed by atoms with Crippen molar-refractivity contribution >= 4 is 11.9 Å². The van der Waals surface area contributed by atoms with Crippen LogP contribution < -0.4 is 16.6 Å². The fourth-order valence-corrected chi connectivity index (χ4v) is 5.96. The van der Waals surface area contributed by atoms with Crippen LogP contribution in [-0.2, 0) is 33.1 Å². The van der Waals surface area contributed by atoms with E-state index in [1.165, 1.54) is 27.7 Å². The molecule has 3 N–H and O–H groups in total. The van der Waals surface area contributed by atoms with Crippen molar-refractivity contribution in [3.05, 3.63) is 91.4 Å². The molecule has 0 saturated carbocycles. The van der Waals surface area contributed by atoms with Crippen molar-refractivity contribution in [2.24, 2.45) is 11.7 Å². The Kier molecular flexibility index (Phi) is 12.6. The highest BCUT2D eigenvalue weighted by Gasteiger charge is 2.37. The van der Waals surface area contributed by atoms with Gasteiger partial charge in [-0.1, -0.05) is 13.8 Å². The summed E-state index contributed by atoms with van der Waals surface area (Å²) in [6.45, 7) is 8.39. The smallest absolute Gasteiger partial charge is 0.416 e. The van der Waals surface area contributed by atoms with E-state index in [0.717, 1.165) is 29.0 Å². The van der Waals surface area contributed by atoms with Crippen LogP contribution in [0.15, 0.2) is 35.3 Å². The van der Waals surface area contributed by atoms with E-state index < -0.39 is 76.6 Å². The van der Waals surface area contributed by atoms with Crippen LogP contribution in [0.5, 0.6) is 0 Å². The summed E-state index contributed by atoms with van der Waals surface area (Å²) >= 11 is 0. The summed E-state index contributed by atoms with van der Waals surface area (Å²) in [7, 11) is 0. The molecule has 2 atom stereocenters. The van der Waals surface area contributed by atoms with Crippen molar-refractivity contribution in [1.82, 2.24) is 9.88 Å². The van der Waals surface area contributed by atoms with Gasteiger partial charge in [-0.3, -0.25) is 14.4 Å². The van der Waals surface area contributed by atoms with Crippen LogP contribution in [0.1, 0.15) is 84.6 Å². The van der Waals surface area contributed by atoms with Gasteiger partial charge in [-0.15, -0.1) is 0 Å². The van der Waals surface area contributed by atoms with Gasteiger partial charge in [0.25, 0.3) is 5.56 Å². The molecule has 274 valence electrons. The fraction of sp³-hybridized carbons (Fsp3) is 0.457. The summed E-state index contributed by atoms with van der Waals surface area (Å²) in [5, 5.41) is 2.42. The summed E-state index contributed by atoms with van der Waals surface area (Å²) in [5.74, 6) is -4.78. The van der Waals surface area contributed by atoms with Crippen LogP contribution >= 0.6 is 0 Å². The second kappa shape index (κ2) is 15.7. The predicted octanol–water partition coefficient (Wildman–Crippen LogP) is 7.66. The SMILES string of the molecule is CCOC(=O)C[C@H](NC(=O)C(CC(C)C)n1cc(CCN)c(C(F)(F)F)cc1=O)c1c(F)c(C)cc(-c2c(C)cc(C(F)(F)F)cc2C)c1F. The number of hydrogen-bond acceptors (Lipinski definition) is 5. The Labute approximate surface area is 283 Å². The van der Waals surface area contributed by atoms with Crippen LogP contribution in [0.3, 0.4) is 0 Å². The van der Waals surface area contributed by atoms with Crippen molar-refractivity contribution in [2.45, 2.75) is 85.2 Å². The second-order valence-corrected chi connectivity index (χ2v) is 12.5. The highest BCUT2D eigenvalue weighted by atomic mass is 19.4. The first-order chi connectivity index (χ1) is 23.1. The first-order valence-corrected chi connectivity index (χ1v) is 15.8. The number of alkyl halides is 6. The number of ether oxygens (including phenoxy) is 1. The quantitative estimate of drug-likeness (QED) is 0.148. The monoisotopic (exact) mass is 717 g/mol. The molecule has 3 aromatic rings. The third-order valence-corrected chi connectivity index (χ3v) is 8.10. The zero-order chi connectivity index (χ0) is 37.9. The van der Waals surface area contributed by atoms with E-state index in [9.17, 15) is 40.7 Å². The number of benzene rings is 2. The number of pyridine rings is 1. The number of amides is 1. The van der Waals surface area contributed by atoms with Gasteiger partial charge in [0.2, 0.25) is 5.91 Å². The van der Waals surface area contributed by atoms with E-state index >= 15 is 8.78 Å². The molecule has 50 heavy (non-hydrogen) atoms. The van der Waals surface area contributed by atoms with Gasteiger partial charge in [-0.25, -0.2) is 8.78 Å². The van der Waals surface area contributed by atoms with Crippen LogP contribution in [0.25, 0.3) is 11.1 Å². The Bertz CT molecular complexity index is 1780. The number of carbonyl (C=O) groups excluding carboxylic acids is 2. The van der Waals surface area contributed by atoms with Gasteiger partial charge in [0.1, 0.15) is 17.7 Å². The molecule has 0 bridgehead atoms. The number of carbonyl (C=O) groups is 2. The van der Waals surface area contributed by atoms with Gasteiger partial charge in [-0.05, 0) is 99.0 Å². The van der Waals surface area contributed by atoms with E-state index in [2.05, 4.69) is 5.32 Å². The summed E-state index contributed by atoms with van der Waals surface area (Å²) in [4.78, 5) is 39.8. The van der Waals surface area contributed by atoms with Crippen LogP contribution in [-0.4, -0.2) is 29.6 Å². The molecule has 2 aromatic carbocycles. The lowest BCUT2D eigenvalue weighted by Crippen LogP contribution is -2.41. The summed E-state index contributed by atoms with van der Waals surface area (Å²) in [6.07, 6.45) is -9.92. The lowest BCUT2D eigenvalue weighted by Gasteiger charge is -2.27. The molecule has 1 aromatic heterocycles. The molecule has 7 nitrogen and oxygen atoms in total. The molecule has 0 radical (unpaired) electrons. The Morgan fingerprint density at radius 2 is 1.52 bits per heavy atom.